The van der Waals surface area contributed by atoms with E-state index in [4.69, 9.17) is 4.74 Å². The van der Waals surface area contributed by atoms with Crippen LogP contribution < -0.4 is 4.74 Å². The van der Waals surface area contributed by atoms with Crippen LogP contribution in [0.5, 0.6) is 11.5 Å². The molecule has 0 radical (unpaired) electrons. The molecule has 1 N–H and O–H groups in total. The van der Waals surface area contributed by atoms with Gasteiger partial charge in [-0.15, -0.1) is 0 Å². The first kappa shape index (κ1) is 22.6. The van der Waals surface area contributed by atoms with Gasteiger partial charge in [0.25, 0.3) is 0 Å². The van der Waals surface area contributed by atoms with E-state index in [-0.39, 0.29) is 5.75 Å². The fourth-order valence-electron chi connectivity index (χ4n) is 4.80. The molecule has 164 valence electrons. The van der Waals surface area contributed by atoms with Crippen LogP contribution in [-0.2, 0) is 6.42 Å². The molecule has 3 nitrogen and oxygen atoms in total. The molecule has 3 rings (SSSR count). The van der Waals surface area contributed by atoms with E-state index in [2.05, 4.69) is 50.8 Å². The molecule has 0 bridgehead atoms. The summed E-state index contributed by atoms with van der Waals surface area (Å²) in [4.78, 5) is 2.54. The minimum atomic E-state index is -0.457. The van der Waals surface area contributed by atoms with Crippen LogP contribution in [0.15, 0.2) is 36.4 Å². The van der Waals surface area contributed by atoms with Crippen LogP contribution in [0.3, 0.4) is 0 Å². The predicted octanol–water partition coefficient (Wildman–Crippen LogP) is 6.11. The molecule has 1 fully saturated rings. The van der Waals surface area contributed by atoms with Gasteiger partial charge in [0.2, 0.25) is 0 Å². The topological polar surface area (TPSA) is 32.7 Å². The molecule has 0 spiro atoms. The highest BCUT2D eigenvalue weighted by atomic mass is 19.1. The summed E-state index contributed by atoms with van der Waals surface area (Å²) in [6.45, 7) is 12.9. The third-order valence-corrected chi connectivity index (χ3v) is 6.43. The van der Waals surface area contributed by atoms with Crippen LogP contribution in [0.2, 0.25) is 0 Å². The van der Waals surface area contributed by atoms with Gasteiger partial charge in [-0.05, 0) is 72.4 Å². The van der Waals surface area contributed by atoms with Crippen LogP contribution >= 0.6 is 0 Å². The highest BCUT2D eigenvalue weighted by Gasteiger charge is 2.29. The van der Waals surface area contributed by atoms with Crippen LogP contribution in [0.1, 0.15) is 69.1 Å². The number of rotatable bonds is 8. The summed E-state index contributed by atoms with van der Waals surface area (Å²) in [6.07, 6.45) is 3.17. The molecule has 0 aromatic heterocycles. The second-order valence-corrected chi connectivity index (χ2v) is 8.92. The Morgan fingerprint density at radius 1 is 1.23 bits per heavy atom. The quantitative estimate of drug-likeness (QED) is 0.530. The second-order valence-electron chi connectivity index (χ2n) is 8.92. The second kappa shape index (κ2) is 10.3. The summed E-state index contributed by atoms with van der Waals surface area (Å²) in [5.74, 6) is 1.53. The Kier molecular flexibility index (Phi) is 7.76. The molecule has 1 heterocycles. The fourth-order valence-corrected chi connectivity index (χ4v) is 4.80. The molecule has 0 saturated carbocycles. The Balaban J connectivity index is 1.61. The summed E-state index contributed by atoms with van der Waals surface area (Å²) < 4.78 is 18.7. The Morgan fingerprint density at radius 3 is 2.73 bits per heavy atom. The highest BCUT2D eigenvalue weighted by Crippen LogP contribution is 2.38. The average molecular weight is 414 g/mol. The first-order valence-electron chi connectivity index (χ1n) is 11.4. The lowest BCUT2D eigenvalue weighted by Gasteiger charge is -2.39. The van der Waals surface area contributed by atoms with E-state index in [0.29, 0.717) is 30.1 Å². The number of ether oxygens (including phenoxy) is 1. The van der Waals surface area contributed by atoms with Crippen molar-refractivity contribution < 1.29 is 14.2 Å². The molecule has 2 aromatic rings. The molecule has 2 atom stereocenters. The van der Waals surface area contributed by atoms with Gasteiger partial charge in [0.15, 0.2) is 11.5 Å². The summed E-state index contributed by atoms with van der Waals surface area (Å²) in [7, 11) is 0. The van der Waals surface area contributed by atoms with Gasteiger partial charge in [-0.1, -0.05) is 45.9 Å². The van der Waals surface area contributed by atoms with E-state index >= 15 is 0 Å². The number of aromatic hydroxyl groups is 1. The first-order chi connectivity index (χ1) is 14.4. The van der Waals surface area contributed by atoms with E-state index in [0.717, 1.165) is 38.5 Å². The standard InChI is InChI=1S/C26H36FNO2/c1-5-20-8-6-9-22(26(20)18(2)3)23-17-28(14-12-19(23)4)13-7-15-30-25-11-10-21(27)16-24(25)29/h6,8-11,16,18-19,23,29H,5,7,12-15,17H2,1-4H3. The molecule has 2 aromatic carbocycles. The maximum Gasteiger partial charge on any atom is 0.161 e. The monoisotopic (exact) mass is 413 g/mol. The van der Waals surface area contributed by atoms with Crippen molar-refractivity contribution in [2.24, 2.45) is 5.92 Å². The van der Waals surface area contributed by atoms with Crippen LogP contribution in [0, 0.1) is 11.7 Å². The van der Waals surface area contributed by atoms with Gasteiger partial charge in [-0.3, -0.25) is 0 Å². The normalized spacial score (nSPS) is 19.9. The van der Waals surface area contributed by atoms with Crippen molar-refractivity contribution in [3.63, 3.8) is 0 Å². The number of hydrogen-bond donors (Lipinski definition) is 1. The number of phenolic OH excluding ortho intramolecular Hbond substituents is 1. The minimum Gasteiger partial charge on any atom is -0.504 e. The zero-order chi connectivity index (χ0) is 21.7. The van der Waals surface area contributed by atoms with E-state index in [9.17, 15) is 9.50 Å². The molecule has 1 aliphatic rings. The van der Waals surface area contributed by atoms with Crippen molar-refractivity contribution in [2.45, 2.75) is 58.8 Å². The number of phenols is 1. The van der Waals surface area contributed by atoms with E-state index < -0.39 is 5.82 Å². The zero-order valence-corrected chi connectivity index (χ0v) is 18.8. The molecule has 1 saturated heterocycles. The van der Waals surface area contributed by atoms with E-state index in [1.807, 2.05) is 0 Å². The van der Waals surface area contributed by atoms with Gasteiger partial charge in [-0.25, -0.2) is 4.39 Å². The van der Waals surface area contributed by atoms with E-state index in [1.165, 1.54) is 29.7 Å². The van der Waals surface area contributed by atoms with Gasteiger partial charge < -0.3 is 14.7 Å². The summed E-state index contributed by atoms with van der Waals surface area (Å²) >= 11 is 0. The minimum absolute atomic E-state index is 0.140. The molecular weight excluding hydrogens is 377 g/mol. The van der Waals surface area contributed by atoms with Crippen molar-refractivity contribution in [3.8, 4) is 11.5 Å². The lowest BCUT2D eigenvalue weighted by Crippen LogP contribution is -2.39. The molecule has 30 heavy (non-hydrogen) atoms. The lowest BCUT2D eigenvalue weighted by atomic mass is 9.76. The van der Waals surface area contributed by atoms with E-state index in [1.54, 1.807) is 5.56 Å². The third-order valence-electron chi connectivity index (χ3n) is 6.43. The van der Waals surface area contributed by atoms with Crippen LogP contribution in [-0.4, -0.2) is 36.2 Å². The Bertz CT molecular complexity index is 836. The Morgan fingerprint density at radius 2 is 2.03 bits per heavy atom. The summed E-state index contributed by atoms with van der Waals surface area (Å²) in [5, 5.41) is 9.77. The number of halogens is 1. The molecule has 0 amide bonds. The van der Waals surface area contributed by atoms with Gasteiger partial charge >= 0.3 is 0 Å². The number of nitrogens with zero attached hydrogens (tertiary/aromatic N) is 1. The van der Waals surface area contributed by atoms with Gasteiger partial charge in [0.1, 0.15) is 5.82 Å². The average Bonchev–Trinajstić information content (AvgIpc) is 2.72. The van der Waals surface area contributed by atoms with Crippen molar-refractivity contribution in [3.05, 3.63) is 58.9 Å². The van der Waals surface area contributed by atoms with Crippen molar-refractivity contribution >= 4 is 0 Å². The van der Waals surface area contributed by atoms with Gasteiger partial charge in [0, 0.05) is 19.2 Å². The van der Waals surface area contributed by atoms with Crippen LogP contribution in [0.4, 0.5) is 4.39 Å². The molecule has 2 unspecified atom stereocenters. The summed E-state index contributed by atoms with van der Waals surface area (Å²) in [5.41, 5.74) is 4.57. The number of likely N-dealkylation sites (tertiary alicyclic amines) is 1. The maximum absolute atomic E-state index is 13.1. The molecular formula is C26H36FNO2. The maximum atomic E-state index is 13.1. The zero-order valence-electron chi connectivity index (χ0n) is 18.8. The van der Waals surface area contributed by atoms with Crippen molar-refractivity contribution in [1.29, 1.82) is 0 Å². The van der Waals surface area contributed by atoms with Gasteiger partial charge in [-0.2, -0.15) is 0 Å². The van der Waals surface area contributed by atoms with Crippen molar-refractivity contribution in [1.82, 2.24) is 4.90 Å². The number of aryl methyl sites for hydroxylation is 1. The molecule has 4 heteroatoms. The third kappa shape index (κ3) is 5.34. The van der Waals surface area contributed by atoms with Crippen LogP contribution in [0.25, 0.3) is 0 Å². The van der Waals surface area contributed by atoms with Crippen molar-refractivity contribution in [2.75, 3.05) is 26.2 Å². The fraction of sp³-hybridized carbons (Fsp3) is 0.538. The number of hydrogen-bond acceptors (Lipinski definition) is 3. The lowest BCUT2D eigenvalue weighted by molar-refractivity contribution is 0.155. The Hall–Kier alpha value is -2.07. The molecule has 1 aliphatic heterocycles. The predicted molar refractivity (Wildman–Crippen MR) is 121 cm³/mol. The molecule has 0 aliphatic carbocycles. The number of benzene rings is 2. The first-order valence-corrected chi connectivity index (χ1v) is 11.4. The largest absolute Gasteiger partial charge is 0.504 e. The highest BCUT2D eigenvalue weighted by molar-refractivity contribution is 5.41. The number of piperidine rings is 1. The summed E-state index contributed by atoms with van der Waals surface area (Å²) in [6, 6.07) is 10.7. The Labute approximate surface area is 180 Å². The van der Waals surface area contributed by atoms with Gasteiger partial charge in [0.05, 0.1) is 6.61 Å². The smallest absolute Gasteiger partial charge is 0.161 e. The SMILES string of the molecule is CCc1cccc(C2CN(CCCOc3ccc(F)cc3O)CCC2C)c1C(C)C.